The second kappa shape index (κ2) is 9.73. The number of amides is 1. The Morgan fingerprint density at radius 2 is 1.83 bits per heavy atom. The standard InChI is InChI=1S/C23H23ClFN5O3S2.2H2/c24-16-1-6-20(19(25)15-16)28-10-12-29(13-11-28)21-7-9-30(22(21)31)17-2-4-18(5-3-17)35(32,33)27-23-26-8-14-34-23;;/h1-6,8,14-15,21H,7,9-13H2,(H,26,27);2*1H/t21-;;/m0../s1. The number of aromatic nitrogens is 1. The second-order valence-electron chi connectivity index (χ2n) is 8.35. The van der Waals surface area contributed by atoms with Crippen LogP contribution in [0, 0.1) is 5.82 Å². The maximum absolute atomic E-state index is 14.3. The molecule has 0 unspecified atom stereocenters. The Hall–Kier alpha value is -2.73. The fraction of sp³-hybridized carbons (Fsp3) is 0.304. The number of carbonyl (C=O) groups is 1. The van der Waals surface area contributed by atoms with Crippen LogP contribution in [-0.4, -0.2) is 63.0 Å². The van der Waals surface area contributed by atoms with Gasteiger partial charge < -0.3 is 9.80 Å². The molecular formula is C23H27ClFN5O3S2. The summed E-state index contributed by atoms with van der Waals surface area (Å²) in [5.41, 5.74) is 1.18. The van der Waals surface area contributed by atoms with Crippen molar-refractivity contribution < 1.29 is 20.5 Å². The molecular weight excluding hydrogens is 513 g/mol. The number of sulfonamides is 1. The van der Waals surface area contributed by atoms with Gasteiger partial charge in [-0.3, -0.25) is 14.4 Å². The quantitative estimate of drug-likeness (QED) is 0.506. The molecule has 0 bridgehead atoms. The predicted molar refractivity (Wildman–Crippen MR) is 140 cm³/mol. The van der Waals surface area contributed by atoms with Gasteiger partial charge in [0.05, 0.1) is 16.6 Å². The highest BCUT2D eigenvalue weighted by molar-refractivity contribution is 7.93. The highest BCUT2D eigenvalue weighted by Gasteiger charge is 2.38. The number of hydrogen-bond donors (Lipinski definition) is 1. The molecule has 1 N–H and O–H groups in total. The highest BCUT2D eigenvalue weighted by atomic mass is 35.5. The highest BCUT2D eigenvalue weighted by Crippen LogP contribution is 2.29. The van der Waals surface area contributed by atoms with Crippen LogP contribution >= 0.6 is 22.9 Å². The van der Waals surface area contributed by atoms with Gasteiger partial charge in [-0.1, -0.05) is 11.6 Å². The van der Waals surface area contributed by atoms with Crippen molar-refractivity contribution in [1.29, 1.82) is 0 Å². The van der Waals surface area contributed by atoms with Crippen molar-refractivity contribution in [3.05, 3.63) is 64.9 Å². The molecule has 2 aromatic carbocycles. The monoisotopic (exact) mass is 539 g/mol. The fourth-order valence-corrected chi connectivity index (χ4v) is 6.47. The molecule has 2 aliphatic rings. The van der Waals surface area contributed by atoms with Crippen molar-refractivity contribution >= 4 is 55.4 Å². The van der Waals surface area contributed by atoms with Crippen molar-refractivity contribution in [3.8, 4) is 0 Å². The Kier molecular flexibility index (Phi) is 6.67. The zero-order chi connectivity index (χ0) is 24.6. The first kappa shape index (κ1) is 24.0. The molecule has 2 fully saturated rings. The van der Waals surface area contributed by atoms with E-state index in [2.05, 4.69) is 14.6 Å². The van der Waals surface area contributed by atoms with Crippen LogP contribution in [0.4, 0.5) is 20.9 Å². The smallest absolute Gasteiger partial charge is 0.263 e. The minimum atomic E-state index is -3.75. The van der Waals surface area contributed by atoms with Crippen molar-refractivity contribution in [2.75, 3.05) is 47.2 Å². The Morgan fingerprint density at radius 1 is 1.09 bits per heavy atom. The number of thiazole rings is 1. The van der Waals surface area contributed by atoms with E-state index in [0.29, 0.717) is 60.7 Å². The van der Waals surface area contributed by atoms with Crippen molar-refractivity contribution in [3.63, 3.8) is 0 Å². The third-order valence-electron chi connectivity index (χ3n) is 6.30. The first-order chi connectivity index (χ1) is 16.8. The van der Waals surface area contributed by atoms with Gasteiger partial charge in [-0.05, 0) is 48.9 Å². The largest absolute Gasteiger partial charge is 0.367 e. The number of benzene rings is 2. The molecule has 3 heterocycles. The fourth-order valence-electron chi connectivity index (χ4n) is 4.53. The summed E-state index contributed by atoms with van der Waals surface area (Å²) in [6.07, 6.45) is 2.21. The number of carbonyl (C=O) groups excluding carboxylic acids is 1. The van der Waals surface area contributed by atoms with Gasteiger partial charge in [0.2, 0.25) is 5.91 Å². The zero-order valence-electron chi connectivity index (χ0n) is 18.6. The first-order valence-corrected chi connectivity index (χ1v) is 13.8. The van der Waals surface area contributed by atoms with Crippen molar-refractivity contribution in [2.45, 2.75) is 17.4 Å². The molecule has 12 heteroatoms. The predicted octanol–water partition coefficient (Wildman–Crippen LogP) is 4.16. The Balaban J connectivity index is 0.00000190. The molecule has 8 nitrogen and oxygen atoms in total. The molecule has 0 radical (unpaired) electrons. The SMILES string of the molecule is O=C1[C@@H](N2CCN(c3ccc(Cl)cc3F)CC2)CCN1c1ccc(S(=O)(=O)Nc2nccs2)cc1.[HH].[HH]. The lowest BCUT2D eigenvalue weighted by Crippen LogP contribution is -2.52. The van der Waals surface area contributed by atoms with E-state index in [1.807, 2.05) is 4.90 Å². The van der Waals surface area contributed by atoms with Gasteiger partial charge in [0.15, 0.2) is 5.13 Å². The van der Waals surface area contributed by atoms with Crippen molar-refractivity contribution in [2.24, 2.45) is 0 Å². The topological polar surface area (TPSA) is 85.9 Å². The van der Waals surface area contributed by atoms with Crippen molar-refractivity contribution in [1.82, 2.24) is 9.88 Å². The van der Waals surface area contributed by atoms with Crippen LogP contribution in [-0.2, 0) is 14.8 Å². The second-order valence-corrected chi connectivity index (χ2v) is 11.4. The van der Waals surface area contributed by atoms with Gasteiger partial charge in [-0.2, -0.15) is 0 Å². The summed E-state index contributed by atoms with van der Waals surface area (Å²) in [7, 11) is -3.75. The third kappa shape index (κ3) is 4.99. The molecule has 1 aromatic heterocycles. The average molecular weight is 540 g/mol. The molecule has 0 saturated carbocycles. The summed E-state index contributed by atoms with van der Waals surface area (Å²) in [5.74, 6) is -0.353. The van der Waals surface area contributed by atoms with Gasteiger partial charge >= 0.3 is 0 Å². The molecule has 2 saturated heterocycles. The summed E-state index contributed by atoms with van der Waals surface area (Å²) in [4.78, 5) is 23.1. The Morgan fingerprint density at radius 3 is 2.49 bits per heavy atom. The minimum Gasteiger partial charge on any atom is -0.367 e. The van der Waals surface area contributed by atoms with Gasteiger partial charge in [0.25, 0.3) is 10.0 Å². The lowest BCUT2D eigenvalue weighted by atomic mass is 10.1. The van der Waals surface area contributed by atoms with Crippen LogP contribution in [0.1, 0.15) is 9.27 Å². The van der Waals surface area contributed by atoms with E-state index >= 15 is 0 Å². The molecule has 3 aromatic rings. The van der Waals surface area contributed by atoms with Gasteiger partial charge in [0.1, 0.15) is 5.82 Å². The average Bonchev–Trinajstić information content (AvgIpc) is 3.48. The maximum atomic E-state index is 14.3. The van der Waals surface area contributed by atoms with Gasteiger partial charge in [0, 0.05) is 57.9 Å². The van der Waals surface area contributed by atoms with E-state index in [1.54, 1.807) is 34.5 Å². The van der Waals surface area contributed by atoms with Gasteiger partial charge in [-0.15, -0.1) is 11.3 Å². The van der Waals surface area contributed by atoms with E-state index in [9.17, 15) is 17.6 Å². The molecule has 188 valence electrons. The van der Waals surface area contributed by atoms with E-state index in [4.69, 9.17) is 11.6 Å². The number of anilines is 3. The summed E-state index contributed by atoms with van der Waals surface area (Å²) in [6.45, 7) is 3.07. The molecule has 2 aliphatic heterocycles. The van der Waals surface area contributed by atoms with E-state index in [0.717, 1.165) is 0 Å². The summed E-state index contributed by atoms with van der Waals surface area (Å²) in [5, 5.41) is 2.35. The van der Waals surface area contributed by atoms with Crippen LogP contribution in [0.15, 0.2) is 58.9 Å². The van der Waals surface area contributed by atoms with E-state index < -0.39 is 10.0 Å². The molecule has 1 atom stereocenters. The van der Waals surface area contributed by atoms with Crippen LogP contribution in [0.25, 0.3) is 0 Å². The van der Waals surface area contributed by atoms with E-state index in [1.165, 1.54) is 35.7 Å². The number of nitrogens with zero attached hydrogens (tertiary/aromatic N) is 4. The number of nitrogens with one attached hydrogen (secondary N) is 1. The summed E-state index contributed by atoms with van der Waals surface area (Å²) < 4.78 is 41.8. The molecule has 1 amide bonds. The summed E-state index contributed by atoms with van der Waals surface area (Å²) in [6, 6.07) is 10.7. The molecule has 0 spiro atoms. The number of piperazine rings is 1. The number of halogens is 2. The minimum absolute atomic E-state index is 0. The lowest BCUT2D eigenvalue weighted by molar-refractivity contribution is -0.121. The van der Waals surface area contributed by atoms with Crippen LogP contribution in [0.2, 0.25) is 5.02 Å². The maximum Gasteiger partial charge on any atom is 0.263 e. The normalized spacial score (nSPS) is 19.4. The molecule has 5 rings (SSSR count). The van der Waals surface area contributed by atoms with Crippen LogP contribution in [0.5, 0.6) is 0 Å². The van der Waals surface area contributed by atoms with Crippen LogP contribution in [0.3, 0.4) is 0 Å². The van der Waals surface area contributed by atoms with E-state index in [-0.39, 0.29) is 25.5 Å². The molecule has 0 aliphatic carbocycles. The first-order valence-electron chi connectivity index (χ1n) is 11.1. The third-order valence-corrected chi connectivity index (χ3v) is 8.70. The molecule has 35 heavy (non-hydrogen) atoms. The lowest BCUT2D eigenvalue weighted by Gasteiger charge is -2.38. The van der Waals surface area contributed by atoms with Crippen LogP contribution < -0.4 is 14.5 Å². The number of hydrogen-bond acceptors (Lipinski definition) is 7. The number of rotatable bonds is 6. The zero-order valence-corrected chi connectivity index (χ0v) is 21.0. The summed E-state index contributed by atoms with van der Waals surface area (Å²) >= 11 is 7.06. The Bertz CT molecular complexity index is 1320. The van der Waals surface area contributed by atoms with Gasteiger partial charge in [-0.25, -0.2) is 17.8 Å². The Labute approximate surface area is 215 Å².